The number of hydrazine groups is 1. The number of benzene rings is 1. The van der Waals surface area contributed by atoms with Crippen molar-refractivity contribution in [3.05, 3.63) is 46.1 Å². The summed E-state index contributed by atoms with van der Waals surface area (Å²) in [7, 11) is 0. The van der Waals surface area contributed by atoms with Gasteiger partial charge in [-0.1, -0.05) is 0 Å². The molecule has 0 fully saturated rings. The molecule has 68 valence electrons. The fourth-order valence-electron chi connectivity index (χ4n) is 0.851. The number of nitrogens with two attached hydrogens (primary N) is 1. The zero-order valence-electron chi connectivity index (χ0n) is 6.81. The Morgan fingerprint density at radius 2 is 2.00 bits per heavy atom. The van der Waals surface area contributed by atoms with Crippen LogP contribution in [-0.2, 0) is 0 Å². The van der Waals surface area contributed by atoms with Crippen molar-refractivity contribution in [3.8, 4) is 0 Å². The van der Waals surface area contributed by atoms with Crippen LogP contribution < -0.4 is 11.3 Å². The summed E-state index contributed by atoms with van der Waals surface area (Å²) in [5.74, 6) is 5.01. The summed E-state index contributed by atoms with van der Waals surface area (Å²) < 4.78 is 0. The van der Waals surface area contributed by atoms with Gasteiger partial charge in [-0.05, 0) is 23.8 Å². The van der Waals surface area contributed by atoms with Crippen LogP contribution in [-0.4, -0.2) is 4.92 Å². The highest BCUT2D eigenvalue weighted by molar-refractivity contribution is 5.51. The molecular weight excluding hydrogens is 170 g/mol. The van der Waals surface area contributed by atoms with E-state index in [-0.39, 0.29) is 5.69 Å². The van der Waals surface area contributed by atoms with Crippen molar-refractivity contribution in [2.24, 2.45) is 5.84 Å². The summed E-state index contributed by atoms with van der Waals surface area (Å²) in [6, 6.07) is 6.17. The van der Waals surface area contributed by atoms with E-state index in [4.69, 9.17) is 5.84 Å². The van der Waals surface area contributed by atoms with Gasteiger partial charge in [0.1, 0.15) is 0 Å². The van der Waals surface area contributed by atoms with Crippen molar-refractivity contribution >= 4 is 11.8 Å². The van der Waals surface area contributed by atoms with Gasteiger partial charge in [-0.15, -0.1) is 0 Å². The molecule has 0 saturated heterocycles. The third kappa shape index (κ3) is 2.57. The molecular formula is C8H9N3O2. The van der Waals surface area contributed by atoms with Crippen LogP contribution in [0, 0.1) is 10.1 Å². The van der Waals surface area contributed by atoms with Gasteiger partial charge in [0.05, 0.1) is 4.92 Å². The van der Waals surface area contributed by atoms with Gasteiger partial charge in [0, 0.05) is 18.3 Å². The molecule has 1 aromatic rings. The van der Waals surface area contributed by atoms with Crippen LogP contribution in [0.25, 0.3) is 6.08 Å². The van der Waals surface area contributed by atoms with Crippen molar-refractivity contribution in [2.45, 2.75) is 0 Å². The summed E-state index contributed by atoms with van der Waals surface area (Å²) in [6.07, 6.45) is 3.25. The minimum absolute atomic E-state index is 0.0813. The fraction of sp³-hybridized carbons (Fsp3) is 0. The Hall–Kier alpha value is -1.88. The molecule has 0 heterocycles. The number of nitrogens with one attached hydrogen (secondary N) is 1. The third-order valence-electron chi connectivity index (χ3n) is 1.48. The van der Waals surface area contributed by atoms with Gasteiger partial charge in [-0.3, -0.25) is 16.0 Å². The number of hydrogen-bond donors (Lipinski definition) is 2. The topological polar surface area (TPSA) is 81.2 Å². The lowest BCUT2D eigenvalue weighted by Gasteiger charge is -1.93. The van der Waals surface area contributed by atoms with Crippen LogP contribution in [0.15, 0.2) is 30.5 Å². The Morgan fingerprint density at radius 1 is 1.38 bits per heavy atom. The predicted octanol–water partition coefficient (Wildman–Crippen LogP) is 1.03. The van der Waals surface area contributed by atoms with Crippen LogP contribution in [0.2, 0.25) is 0 Å². The molecule has 0 aliphatic rings. The van der Waals surface area contributed by atoms with Crippen molar-refractivity contribution < 1.29 is 4.92 Å². The van der Waals surface area contributed by atoms with Gasteiger partial charge < -0.3 is 5.43 Å². The zero-order valence-corrected chi connectivity index (χ0v) is 6.81. The first-order chi connectivity index (χ1) is 6.24. The molecule has 0 atom stereocenters. The number of nitrogens with zero attached hydrogens (tertiary/aromatic N) is 1. The largest absolute Gasteiger partial charge is 0.331 e. The first-order valence-electron chi connectivity index (χ1n) is 3.61. The van der Waals surface area contributed by atoms with Crippen LogP contribution in [0.4, 0.5) is 5.69 Å². The molecule has 0 bridgehead atoms. The van der Waals surface area contributed by atoms with E-state index in [1.54, 1.807) is 24.4 Å². The molecule has 0 amide bonds. The molecule has 0 spiro atoms. The van der Waals surface area contributed by atoms with E-state index < -0.39 is 4.92 Å². The smallest absolute Gasteiger partial charge is 0.269 e. The van der Waals surface area contributed by atoms with E-state index in [1.165, 1.54) is 12.1 Å². The molecule has 13 heavy (non-hydrogen) atoms. The summed E-state index contributed by atoms with van der Waals surface area (Å²) in [5.41, 5.74) is 3.27. The first kappa shape index (κ1) is 9.21. The molecule has 0 aromatic heterocycles. The Labute approximate surface area is 75.0 Å². The maximum Gasteiger partial charge on any atom is 0.269 e. The van der Waals surface area contributed by atoms with E-state index in [0.717, 1.165) is 5.56 Å². The second kappa shape index (κ2) is 4.22. The number of hydrogen-bond acceptors (Lipinski definition) is 4. The number of rotatable bonds is 3. The maximum absolute atomic E-state index is 10.3. The number of nitro groups is 1. The molecule has 0 saturated carbocycles. The molecule has 0 unspecified atom stereocenters. The van der Waals surface area contributed by atoms with Crippen LogP contribution >= 0.6 is 0 Å². The van der Waals surface area contributed by atoms with Crippen molar-refractivity contribution in [1.82, 2.24) is 5.43 Å². The average molecular weight is 179 g/mol. The Kier molecular flexibility index (Phi) is 2.99. The molecule has 5 nitrogen and oxygen atoms in total. The zero-order chi connectivity index (χ0) is 9.68. The molecule has 5 heteroatoms. The normalized spacial score (nSPS) is 10.2. The summed E-state index contributed by atoms with van der Waals surface area (Å²) in [6.45, 7) is 0. The minimum atomic E-state index is -0.436. The van der Waals surface area contributed by atoms with Crippen molar-refractivity contribution in [1.29, 1.82) is 0 Å². The van der Waals surface area contributed by atoms with Gasteiger partial charge >= 0.3 is 0 Å². The lowest BCUT2D eigenvalue weighted by Crippen LogP contribution is -2.12. The van der Waals surface area contributed by atoms with Gasteiger partial charge in [0.25, 0.3) is 5.69 Å². The van der Waals surface area contributed by atoms with Gasteiger partial charge in [-0.25, -0.2) is 0 Å². The molecule has 3 N–H and O–H groups in total. The lowest BCUT2D eigenvalue weighted by molar-refractivity contribution is -0.384. The SMILES string of the molecule is NNC=Cc1ccc([N+](=O)[O-])cc1. The molecule has 0 radical (unpaired) electrons. The Balaban J connectivity index is 2.81. The van der Waals surface area contributed by atoms with E-state index >= 15 is 0 Å². The molecule has 0 aliphatic carbocycles. The second-order valence-electron chi connectivity index (χ2n) is 2.35. The van der Waals surface area contributed by atoms with E-state index in [9.17, 15) is 10.1 Å². The van der Waals surface area contributed by atoms with Crippen LogP contribution in [0.5, 0.6) is 0 Å². The Morgan fingerprint density at radius 3 is 2.46 bits per heavy atom. The highest BCUT2D eigenvalue weighted by Gasteiger charge is 2.01. The summed E-state index contributed by atoms with van der Waals surface area (Å²) in [5, 5.41) is 10.3. The average Bonchev–Trinajstić information content (AvgIpc) is 2.15. The molecule has 1 aromatic carbocycles. The highest BCUT2D eigenvalue weighted by Crippen LogP contribution is 2.12. The van der Waals surface area contributed by atoms with Gasteiger partial charge in [0.2, 0.25) is 0 Å². The third-order valence-corrected chi connectivity index (χ3v) is 1.48. The first-order valence-corrected chi connectivity index (χ1v) is 3.61. The lowest BCUT2D eigenvalue weighted by atomic mass is 10.2. The van der Waals surface area contributed by atoms with Gasteiger partial charge in [0.15, 0.2) is 0 Å². The van der Waals surface area contributed by atoms with E-state index in [2.05, 4.69) is 5.43 Å². The number of non-ortho nitro benzene ring substituents is 1. The second-order valence-corrected chi connectivity index (χ2v) is 2.35. The van der Waals surface area contributed by atoms with Crippen molar-refractivity contribution in [3.63, 3.8) is 0 Å². The standard InChI is InChI=1S/C8H9N3O2/c9-10-6-5-7-1-3-8(4-2-7)11(12)13/h1-6,10H,9H2. The minimum Gasteiger partial charge on any atom is -0.331 e. The fourth-order valence-corrected chi connectivity index (χ4v) is 0.851. The quantitative estimate of drug-likeness (QED) is 0.412. The Bertz CT molecular complexity index is 319. The van der Waals surface area contributed by atoms with Crippen molar-refractivity contribution in [2.75, 3.05) is 0 Å². The summed E-state index contributed by atoms with van der Waals surface area (Å²) in [4.78, 5) is 9.85. The van der Waals surface area contributed by atoms with Crippen LogP contribution in [0.1, 0.15) is 5.56 Å². The number of nitro benzene ring substituents is 1. The predicted molar refractivity (Wildman–Crippen MR) is 49.5 cm³/mol. The van der Waals surface area contributed by atoms with E-state index in [1.807, 2.05) is 0 Å². The molecule has 1 rings (SSSR count). The monoisotopic (exact) mass is 179 g/mol. The van der Waals surface area contributed by atoms with Crippen LogP contribution in [0.3, 0.4) is 0 Å². The van der Waals surface area contributed by atoms with E-state index in [0.29, 0.717) is 0 Å². The highest BCUT2D eigenvalue weighted by atomic mass is 16.6. The maximum atomic E-state index is 10.3. The summed E-state index contributed by atoms with van der Waals surface area (Å²) >= 11 is 0. The molecule has 0 aliphatic heterocycles. The van der Waals surface area contributed by atoms with Gasteiger partial charge in [-0.2, -0.15) is 0 Å².